The second kappa shape index (κ2) is 6.80. The van der Waals surface area contributed by atoms with Crippen LogP contribution in [0.5, 0.6) is 0 Å². The Bertz CT molecular complexity index is 550. The van der Waals surface area contributed by atoms with Crippen LogP contribution in [-0.4, -0.2) is 42.5 Å². The molecule has 1 atom stereocenters. The molecule has 7 heteroatoms. The van der Waals surface area contributed by atoms with Gasteiger partial charge in [-0.1, -0.05) is 0 Å². The first-order chi connectivity index (χ1) is 10.1. The van der Waals surface area contributed by atoms with Crippen molar-refractivity contribution in [1.29, 1.82) is 0 Å². The maximum atomic E-state index is 11.6. The minimum Gasteiger partial charge on any atom is -0.362 e. The van der Waals surface area contributed by atoms with E-state index in [4.69, 9.17) is 0 Å². The Morgan fingerprint density at radius 1 is 1.57 bits per heavy atom. The SMILES string of the molecule is CNC(=O)c1ccc(N2CCCC2CSC)c([N+](=O)[O-])c1. The third-order valence-corrected chi connectivity index (χ3v) is 4.43. The number of nitro groups is 1. The van der Waals surface area contributed by atoms with Gasteiger partial charge in [-0.3, -0.25) is 14.9 Å². The molecule has 0 aromatic heterocycles. The van der Waals surface area contributed by atoms with Crippen molar-refractivity contribution in [3.05, 3.63) is 33.9 Å². The number of hydrogen-bond acceptors (Lipinski definition) is 5. The molecule has 1 aliphatic heterocycles. The van der Waals surface area contributed by atoms with Gasteiger partial charge in [0.15, 0.2) is 0 Å². The monoisotopic (exact) mass is 309 g/mol. The normalized spacial score (nSPS) is 17.8. The van der Waals surface area contributed by atoms with E-state index in [0.717, 1.165) is 25.1 Å². The van der Waals surface area contributed by atoms with Crippen molar-refractivity contribution in [1.82, 2.24) is 5.32 Å². The molecular weight excluding hydrogens is 290 g/mol. The zero-order valence-corrected chi connectivity index (χ0v) is 13.0. The average molecular weight is 309 g/mol. The van der Waals surface area contributed by atoms with Crippen molar-refractivity contribution in [2.45, 2.75) is 18.9 Å². The van der Waals surface area contributed by atoms with Crippen molar-refractivity contribution in [3.63, 3.8) is 0 Å². The fourth-order valence-corrected chi connectivity index (χ4v) is 3.45. The zero-order valence-electron chi connectivity index (χ0n) is 12.2. The van der Waals surface area contributed by atoms with Gasteiger partial charge in [0.1, 0.15) is 5.69 Å². The molecule has 0 aliphatic carbocycles. The predicted molar refractivity (Wildman–Crippen MR) is 85.2 cm³/mol. The summed E-state index contributed by atoms with van der Waals surface area (Å²) < 4.78 is 0. The molecule has 1 aromatic carbocycles. The lowest BCUT2D eigenvalue weighted by molar-refractivity contribution is -0.384. The molecule has 1 amide bonds. The van der Waals surface area contributed by atoms with Gasteiger partial charge in [-0.05, 0) is 31.2 Å². The molecule has 1 saturated heterocycles. The molecule has 1 heterocycles. The van der Waals surface area contributed by atoms with Gasteiger partial charge >= 0.3 is 0 Å². The molecule has 1 unspecified atom stereocenters. The molecule has 0 spiro atoms. The minimum absolute atomic E-state index is 0.00380. The van der Waals surface area contributed by atoms with E-state index < -0.39 is 4.92 Å². The molecule has 1 fully saturated rings. The highest BCUT2D eigenvalue weighted by molar-refractivity contribution is 7.98. The van der Waals surface area contributed by atoms with Crippen LogP contribution in [0.2, 0.25) is 0 Å². The molecular formula is C14H19N3O3S. The van der Waals surface area contributed by atoms with E-state index in [0.29, 0.717) is 17.3 Å². The van der Waals surface area contributed by atoms with Crippen LogP contribution in [0.4, 0.5) is 11.4 Å². The number of nitrogens with zero attached hydrogens (tertiary/aromatic N) is 2. The van der Waals surface area contributed by atoms with Crippen LogP contribution < -0.4 is 10.2 Å². The molecule has 2 rings (SSSR count). The highest BCUT2D eigenvalue weighted by atomic mass is 32.2. The third-order valence-electron chi connectivity index (χ3n) is 3.71. The number of carbonyl (C=O) groups is 1. The Morgan fingerprint density at radius 2 is 2.33 bits per heavy atom. The summed E-state index contributed by atoms with van der Waals surface area (Å²) >= 11 is 1.75. The number of nitro benzene ring substituents is 1. The van der Waals surface area contributed by atoms with Crippen molar-refractivity contribution in [2.75, 3.05) is 30.5 Å². The predicted octanol–water partition coefficient (Wildman–Crippen LogP) is 2.29. The Labute approximate surface area is 128 Å². The van der Waals surface area contributed by atoms with Crippen LogP contribution in [-0.2, 0) is 0 Å². The average Bonchev–Trinajstić information content (AvgIpc) is 2.94. The summed E-state index contributed by atoms with van der Waals surface area (Å²) in [5.74, 6) is 0.640. The number of nitrogens with one attached hydrogen (secondary N) is 1. The summed E-state index contributed by atoms with van der Waals surface area (Å²) in [6, 6.07) is 5.03. The lowest BCUT2D eigenvalue weighted by atomic mass is 10.1. The highest BCUT2D eigenvalue weighted by Gasteiger charge is 2.30. The fraction of sp³-hybridized carbons (Fsp3) is 0.500. The maximum absolute atomic E-state index is 11.6. The van der Waals surface area contributed by atoms with Crippen LogP contribution in [0.1, 0.15) is 23.2 Å². The van der Waals surface area contributed by atoms with Gasteiger partial charge in [0.25, 0.3) is 11.6 Å². The number of amides is 1. The molecule has 1 N–H and O–H groups in total. The van der Waals surface area contributed by atoms with E-state index in [9.17, 15) is 14.9 Å². The number of rotatable bonds is 5. The topological polar surface area (TPSA) is 75.5 Å². The van der Waals surface area contributed by atoms with Gasteiger partial charge in [-0.25, -0.2) is 0 Å². The van der Waals surface area contributed by atoms with Crippen LogP contribution in [0.25, 0.3) is 0 Å². The first kappa shape index (κ1) is 15.6. The quantitative estimate of drug-likeness (QED) is 0.667. The first-order valence-electron chi connectivity index (χ1n) is 6.84. The molecule has 1 aliphatic rings. The van der Waals surface area contributed by atoms with E-state index in [1.807, 2.05) is 6.26 Å². The maximum Gasteiger partial charge on any atom is 0.293 e. The van der Waals surface area contributed by atoms with Gasteiger partial charge in [0.05, 0.1) is 4.92 Å². The molecule has 0 saturated carbocycles. The summed E-state index contributed by atoms with van der Waals surface area (Å²) in [4.78, 5) is 24.7. The number of benzene rings is 1. The van der Waals surface area contributed by atoms with E-state index in [1.165, 1.54) is 13.1 Å². The zero-order chi connectivity index (χ0) is 15.4. The Morgan fingerprint density at radius 3 is 2.95 bits per heavy atom. The third kappa shape index (κ3) is 3.29. The van der Waals surface area contributed by atoms with Gasteiger partial charge in [0.2, 0.25) is 0 Å². The summed E-state index contributed by atoms with van der Waals surface area (Å²) in [7, 11) is 1.51. The largest absolute Gasteiger partial charge is 0.362 e. The van der Waals surface area contributed by atoms with Gasteiger partial charge in [0, 0.05) is 37.0 Å². The van der Waals surface area contributed by atoms with Gasteiger partial charge in [-0.2, -0.15) is 11.8 Å². The van der Waals surface area contributed by atoms with Gasteiger partial charge in [-0.15, -0.1) is 0 Å². The van der Waals surface area contributed by atoms with Crippen molar-refractivity contribution >= 4 is 29.0 Å². The second-order valence-corrected chi connectivity index (χ2v) is 5.90. The number of thioether (sulfide) groups is 1. The Balaban J connectivity index is 2.38. The second-order valence-electron chi connectivity index (χ2n) is 4.98. The highest BCUT2D eigenvalue weighted by Crippen LogP contribution is 2.35. The molecule has 0 radical (unpaired) electrons. The van der Waals surface area contributed by atoms with E-state index in [1.54, 1.807) is 23.9 Å². The van der Waals surface area contributed by atoms with E-state index in [2.05, 4.69) is 10.2 Å². The molecule has 1 aromatic rings. The minimum atomic E-state index is -0.407. The molecule has 114 valence electrons. The summed E-state index contributed by atoms with van der Waals surface area (Å²) in [6.07, 6.45) is 4.13. The van der Waals surface area contributed by atoms with Crippen LogP contribution in [0.3, 0.4) is 0 Å². The number of hydrogen-bond donors (Lipinski definition) is 1. The fourth-order valence-electron chi connectivity index (χ4n) is 2.72. The first-order valence-corrected chi connectivity index (χ1v) is 8.24. The molecule has 6 nitrogen and oxygen atoms in total. The number of carbonyl (C=O) groups excluding carboxylic acids is 1. The standard InChI is InChI=1S/C14H19N3O3S/c1-15-14(18)10-5-6-12(13(8-10)17(19)20)16-7-3-4-11(16)9-21-2/h5-6,8,11H,3-4,7,9H2,1-2H3,(H,15,18). The van der Waals surface area contributed by atoms with Crippen LogP contribution in [0.15, 0.2) is 18.2 Å². The summed E-state index contributed by atoms with van der Waals surface area (Å²) in [5, 5.41) is 13.8. The van der Waals surface area contributed by atoms with Gasteiger partial charge < -0.3 is 10.2 Å². The van der Waals surface area contributed by atoms with Crippen molar-refractivity contribution in [3.8, 4) is 0 Å². The van der Waals surface area contributed by atoms with Crippen LogP contribution >= 0.6 is 11.8 Å². The van der Waals surface area contributed by atoms with Crippen molar-refractivity contribution < 1.29 is 9.72 Å². The summed E-state index contributed by atoms with van der Waals surface area (Å²) in [5.41, 5.74) is 0.932. The lowest BCUT2D eigenvalue weighted by Crippen LogP contribution is -2.31. The molecule has 0 bridgehead atoms. The van der Waals surface area contributed by atoms with Crippen LogP contribution in [0, 0.1) is 10.1 Å². The Kier molecular flexibility index (Phi) is 5.06. The van der Waals surface area contributed by atoms with Crippen molar-refractivity contribution in [2.24, 2.45) is 0 Å². The Hall–Kier alpha value is -1.76. The smallest absolute Gasteiger partial charge is 0.293 e. The van der Waals surface area contributed by atoms with E-state index >= 15 is 0 Å². The summed E-state index contributed by atoms with van der Waals surface area (Å²) in [6.45, 7) is 0.825. The number of anilines is 1. The lowest BCUT2D eigenvalue weighted by Gasteiger charge is -2.26. The molecule has 21 heavy (non-hydrogen) atoms. The van der Waals surface area contributed by atoms with E-state index in [-0.39, 0.29) is 11.6 Å².